The Morgan fingerprint density at radius 3 is 2.13 bits per heavy atom. The number of rotatable bonds is 4. The molecule has 2 rings (SSSR count). The molecule has 3 atom stereocenters. The summed E-state index contributed by atoms with van der Waals surface area (Å²) in [5.74, 6) is 0.806. The van der Waals surface area contributed by atoms with Gasteiger partial charge in [0.15, 0.2) is 0 Å². The number of ether oxygens (including phenoxy) is 1. The number of carbonyl (C=O) groups excluding carboxylic acids is 1. The quantitative estimate of drug-likeness (QED) is 0.755. The predicted molar refractivity (Wildman–Crippen MR) is 94.6 cm³/mol. The smallest absolute Gasteiger partial charge is 0.407 e. The molecule has 2 N–H and O–H groups in total. The summed E-state index contributed by atoms with van der Waals surface area (Å²) in [7, 11) is 0. The van der Waals surface area contributed by atoms with Gasteiger partial charge in [-0.25, -0.2) is 4.79 Å². The maximum Gasteiger partial charge on any atom is 0.407 e. The second-order valence-electron chi connectivity index (χ2n) is 8.50. The van der Waals surface area contributed by atoms with Crippen molar-refractivity contribution in [3.05, 3.63) is 0 Å². The van der Waals surface area contributed by atoms with E-state index in [0.29, 0.717) is 12.1 Å². The average molecular weight is 325 g/mol. The van der Waals surface area contributed by atoms with E-state index in [4.69, 9.17) is 4.74 Å². The number of nitrogens with one attached hydrogen (secondary N) is 2. The Morgan fingerprint density at radius 1 is 0.957 bits per heavy atom. The van der Waals surface area contributed by atoms with Crippen molar-refractivity contribution in [3.8, 4) is 0 Å². The van der Waals surface area contributed by atoms with Gasteiger partial charge in [0.25, 0.3) is 0 Å². The van der Waals surface area contributed by atoms with Crippen molar-refractivity contribution in [3.63, 3.8) is 0 Å². The van der Waals surface area contributed by atoms with Gasteiger partial charge in [0.05, 0.1) is 0 Å². The molecule has 2 fully saturated rings. The van der Waals surface area contributed by atoms with E-state index in [2.05, 4.69) is 17.6 Å². The zero-order valence-electron chi connectivity index (χ0n) is 15.5. The summed E-state index contributed by atoms with van der Waals surface area (Å²) < 4.78 is 5.46. The van der Waals surface area contributed by atoms with E-state index in [0.717, 1.165) is 18.8 Å². The lowest BCUT2D eigenvalue weighted by molar-refractivity contribution is 0.0487. The Bertz CT molecular complexity index is 372. The summed E-state index contributed by atoms with van der Waals surface area (Å²) in [5.41, 5.74) is -0.436. The molecule has 0 bridgehead atoms. The van der Waals surface area contributed by atoms with Crippen LogP contribution in [0.1, 0.15) is 85.5 Å². The average Bonchev–Trinajstić information content (AvgIpc) is 2.89. The molecule has 0 heterocycles. The van der Waals surface area contributed by atoms with Crippen molar-refractivity contribution in [2.45, 2.75) is 109 Å². The first-order chi connectivity index (χ1) is 10.8. The molecule has 2 saturated carbocycles. The molecule has 4 heteroatoms. The third kappa shape index (κ3) is 6.33. The molecular formula is C19H36N2O2. The van der Waals surface area contributed by atoms with Crippen molar-refractivity contribution in [2.75, 3.05) is 0 Å². The molecule has 0 radical (unpaired) electrons. The minimum atomic E-state index is -0.436. The fourth-order valence-corrected chi connectivity index (χ4v) is 4.07. The molecule has 23 heavy (non-hydrogen) atoms. The van der Waals surface area contributed by atoms with Crippen LogP contribution in [0.15, 0.2) is 0 Å². The fraction of sp³-hybridized carbons (Fsp3) is 0.947. The van der Waals surface area contributed by atoms with Crippen molar-refractivity contribution in [2.24, 2.45) is 5.92 Å². The van der Waals surface area contributed by atoms with Gasteiger partial charge in [0.1, 0.15) is 5.60 Å². The van der Waals surface area contributed by atoms with Crippen molar-refractivity contribution in [1.82, 2.24) is 10.6 Å². The van der Waals surface area contributed by atoms with E-state index in [9.17, 15) is 4.79 Å². The number of hydrogen-bond acceptors (Lipinski definition) is 3. The van der Waals surface area contributed by atoms with Crippen LogP contribution in [-0.4, -0.2) is 29.8 Å². The third-order valence-electron chi connectivity index (χ3n) is 5.30. The summed E-state index contributed by atoms with van der Waals surface area (Å²) in [6.45, 7) is 8.07. The number of amides is 1. The van der Waals surface area contributed by atoms with Gasteiger partial charge in [-0.05, 0) is 59.3 Å². The fourth-order valence-electron chi connectivity index (χ4n) is 4.07. The number of hydrogen-bond donors (Lipinski definition) is 2. The zero-order chi connectivity index (χ0) is 16.9. The lowest BCUT2D eigenvalue weighted by Gasteiger charge is -2.32. The second-order valence-corrected chi connectivity index (χ2v) is 8.50. The van der Waals surface area contributed by atoms with E-state index in [1.165, 1.54) is 44.9 Å². The third-order valence-corrected chi connectivity index (χ3v) is 5.30. The molecule has 3 unspecified atom stereocenters. The molecule has 0 spiro atoms. The number of carbonyl (C=O) groups is 1. The van der Waals surface area contributed by atoms with Crippen LogP contribution in [0.2, 0.25) is 0 Å². The van der Waals surface area contributed by atoms with Gasteiger partial charge in [-0.15, -0.1) is 0 Å². The normalized spacial score (nSPS) is 28.2. The van der Waals surface area contributed by atoms with Crippen LogP contribution in [0, 0.1) is 5.92 Å². The molecule has 0 aliphatic heterocycles. The SMILES string of the molecule is CC(NC1CCCCCC1NC(=O)OC(C)(C)C)C1CCCC1. The Kier molecular flexibility index (Phi) is 6.75. The van der Waals surface area contributed by atoms with Gasteiger partial charge >= 0.3 is 6.09 Å². The van der Waals surface area contributed by atoms with Crippen LogP contribution in [0.4, 0.5) is 4.79 Å². The lowest BCUT2D eigenvalue weighted by Crippen LogP contribution is -2.53. The summed E-state index contributed by atoms with van der Waals surface area (Å²) in [6.07, 6.45) is 11.1. The standard InChI is InChI=1S/C19H36N2O2/c1-14(15-10-8-9-11-15)20-16-12-6-5-7-13-17(16)21-18(22)23-19(2,3)4/h14-17,20H,5-13H2,1-4H3,(H,21,22). The van der Waals surface area contributed by atoms with Gasteiger partial charge < -0.3 is 15.4 Å². The molecule has 4 nitrogen and oxygen atoms in total. The van der Waals surface area contributed by atoms with E-state index in [-0.39, 0.29) is 12.1 Å². The molecule has 1 amide bonds. The zero-order valence-corrected chi connectivity index (χ0v) is 15.5. The first kappa shape index (κ1) is 18.6. The summed E-state index contributed by atoms with van der Waals surface area (Å²) >= 11 is 0. The topological polar surface area (TPSA) is 50.4 Å². The van der Waals surface area contributed by atoms with Gasteiger partial charge in [-0.1, -0.05) is 32.1 Å². The summed E-state index contributed by atoms with van der Waals surface area (Å²) in [6, 6.07) is 1.11. The first-order valence-electron chi connectivity index (χ1n) is 9.61. The van der Waals surface area contributed by atoms with Crippen LogP contribution in [0.3, 0.4) is 0 Å². The largest absolute Gasteiger partial charge is 0.444 e. The van der Waals surface area contributed by atoms with E-state index in [1.54, 1.807) is 0 Å². The van der Waals surface area contributed by atoms with Crippen LogP contribution >= 0.6 is 0 Å². The Morgan fingerprint density at radius 2 is 1.52 bits per heavy atom. The monoisotopic (exact) mass is 324 g/mol. The van der Waals surface area contributed by atoms with Gasteiger partial charge in [0.2, 0.25) is 0 Å². The molecule has 0 aromatic heterocycles. The maximum atomic E-state index is 12.2. The van der Waals surface area contributed by atoms with E-state index < -0.39 is 5.60 Å². The van der Waals surface area contributed by atoms with Crippen LogP contribution in [0.25, 0.3) is 0 Å². The Labute approximate surface area is 142 Å². The molecule has 0 aromatic rings. The predicted octanol–water partition coefficient (Wildman–Crippen LogP) is 4.38. The molecular weight excluding hydrogens is 288 g/mol. The second kappa shape index (κ2) is 8.36. The highest BCUT2D eigenvalue weighted by molar-refractivity contribution is 5.68. The molecule has 2 aliphatic carbocycles. The molecule has 0 aromatic carbocycles. The van der Waals surface area contributed by atoms with E-state index in [1.807, 2.05) is 20.8 Å². The Hall–Kier alpha value is -0.770. The van der Waals surface area contributed by atoms with Crippen molar-refractivity contribution < 1.29 is 9.53 Å². The van der Waals surface area contributed by atoms with Gasteiger partial charge in [0, 0.05) is 18.1 Å². The van der Waals surface area contributed by atoms with Gasteiger partial charge in [-0.3, -0.25) is 0 Å². The minimum Gasteiger partial charge on any atom is -0.444 e. The molecule has 134 valence electrons. The number of alkyl carbamates (subject to hydrolysis) is 1. The summed E-state index contributed by atoms with van der Waals surface area (Å²) in [4.78, 5) is 12.2. The summed E-state index contributed by atoms with van der Waals surface area (Å²) in [5, 5.41) is 6.99. The highest BCUT2D eigenvalue weighted by atomic mass is 16.6. The minimum absolute atomic E-state index is 0.191. The first-order valence-corrected chi connectivity index (χ1v) is 9.61. The highest BCUT2D eigenvalue weighted by Gasteiger charge is 2.30. The molecule has 2 aliphatic rings. The maximum absolute atomic E-state index is 12.2. The van der Waals surface area contributed by atoms with Crippen LogP contribution in [-0.2, 0) is 4.74 Å². The van der Waals surface area contributed by atoms with Crippen LogP contribution in [0.5, 0.6) is 0 Å². The van der Waals surface area contributed by atoms with E-state index >= 15 is 0 Å². The van der Waals surface area contributed by atoms with Crippen molar-refractivity contribution in [1.29, 1.82) is 0 Å². The van der Waals surface area contributed by atoms with Gasteiger partial charge in [-0.2, -0.15) is 0 Å². The van der Waals surface area contributed by atoms with Crippen LogP contribution < -0.4 is 10.6 Å². The Balaban J connectivity index is 1.91. The van der Waals surface area contributed by atoms with Crippen molar-refractivity contribution >= 4 is 6.09 Å². The lowest BCUT2D eigenvalue weighted by atomic mass is 9.96. The molecule has 0 saturated heterocycles. The highest BCUT2D eigenvalue weighted by Crippen LogP contribution is 2.29.